The van der Waals surface area contributed by atoms with Gasteiger partial charge in [0.2, 0.25) is 0 Å². The molecule has 1 N–H and O–H groups in total. The van der Waals surface area contributed by atoms with Gasteiger partial charge in [0.1, 0.15) is 12.7 Å². The van der Waals surface area contributed by atoms with Crippen LogP contribution < -0.4 is 0 Å². The summed E-state index contributed by atoms with van der Waals surface area (Å²) in [6, 6.07) is 7.69. The fraction of sp³-hybridized carbons (Fsp3) is 0.529. The molecule has 2 atom stereocenters. The number of benzene rings is 1. The maximum atomic E-state index is 11.0. The second kappa shape index (κ2) is 6.80. The van der Waals surface area contributed by atoms with Crippen molar-refractivity contribution in [2.45, 2.75) is 46.3 Å². The Balaban J connectivity index is 2.20. The van der Waals surface area contributed by atoms with Crippen LogP contribution in [0.25, 0.3) is 0 Å². The minimum atomic E-state index is -0.537. The van der Waals surface area contributed by atoms with Gasteiger partial charge in [-0.05, 0) is 35.4 Å². The van der Waals surface area contributed by atoms with Gasteiger partial charge in [-0.15, -0.1) is 0 Å². The average molecular weight is 322 g/mol. The zero-order valence-corrected chi connectivity index (χ0v) is 14.3. The number of halogens is 1. The summed E-state index contributed by atoms with van der Waals surface area (Å²) >= 11 is 5.94. The highest BCUT2D eigenvalue weighted by atomic mass is 35.5. The molecule has 120 valence electrons. The zero-order valence-electron chi connectivity index (χ0n) is 13.6. The smallest absolute Gasteiger partial charge is 0.137 e. The van der Waals surface area contributed by atoms with Gasteiger partial charge in [0.25, 0.3) is 0 Å². The number of aliphatic hydroxyl groups excluding tert-OH is 1. The van der Waals surface area contributed by atoms with Crippen molar-refractivity contribution in [3.63, 3.8) is 0 Å². The summed E-state index contributed by atoms with van der Waals surface area (Å²) in [4.78, 5) is 4.01. The molecule has 5 heteroatoms. The molecule has 0 fully saturated rings. The van der Waals surface area contributed by atoms with E-state index in [4.69, 9.17) is 11.6 Å². The highest BCUT2D eigenvalue weighted by molar-refractivity contribution is 6.30. The van der Waals surface area contributed by atoms with Crippen LogP contribution in [0.15, 0.2) is 36.9 Å². The van der Waals surface area contributed by atoms with Gasteiger partial charge in [-0.1, -0.05) is 51.4 Å². The summed E-state index contributed by atoms with van der Waals surface area (Å²) in [6.07, 6.45) is 3.41. The van der Waals surface area contributed by atoms with Gasteiger partial charge in [0.05, 0.1) is 12.1 Å². The van der Waals surface area contributed by atoms with E-state index >= 15 is 0 Å². The van der Waals surface area contributed by atoms with Crippen LogP contribution in [0.1, 0.15) is 39.3 Å². The molecule has 0 bridgehead atoms. The Hall–Kier alpha value is -1.39. The van der Waals surface area contributed by atoms with Crippen LogP contribution >= 0.6 is 11.6 Å². The van der Waals surface area contributed by atoms with E-state index in [-0.39, 0.29) is 17.4 Å². The van der Waals surface area contributed by atoms with Crippen LogP contribution in [0.4, 0.5) is 0 Å². The SMILES string of the molecule is CC(C)C(C(O)C(C)(C)Cc1ccc(Cl)cc1)n1cncn1. The van der Waals surface area contributed by atoms with Crippen molar-refractivity contribution < 1.29 is 5.11 Å². The molecular weight excluding hydrogens is 298 g/mol. The van der Waals surface area contributed by atoms with Gasteiger partial charge in [-0.25, -0.2) is 9.67 Å². The highest BCUT2D eigenvalue weighted by Gasteiger charge is 2.37. The van der Waals surface area contributed by atoms with Gasteiger partial charge in [0.15, 0.2) is 0 Å². The third-order valence-electron chi connectivity index (χ3n) is 4.12. The Morgan fingerprint density at radius 1 is 1.23 bits per heavy atom. The first-order valence-corrected chi connectivity index (χ1v) is 7.95. The fourth-order valence-corrected chi connectivity index (χ4v) is 3.01. The summed E-state index contributed by atoms with van der Waals surface area (Å²) in [5.74, 6) is 0.251. The standard InChI is InChI=1S/C17H24ClN3O/c1-12(2)15(21-11-19-10-20-21)16(22)17(3,4)9-13-5-7-14(18)8-6-13/h5-8,10-12,15-16,22H,9H2,1-4H3. The Labute approximate surface area is 137 Å². The van der Waals surface area contributed by atoms with Crippen LogP contribution in [0.3, 0.4) is 0 Å². The summed E-state index contributed by atoms with van der Waals surface area (Å²) in [6.45, 7) is 8.35. The van der Waals surface area contributed by atoms with Gasteiger partial charge >= 0.3 is 0 Å². The monoisotopic (exact) mass is 321 g/mol. The highest BCUT2D eigenvalue weighted by Crippen LogP contribution is 2.35. The molecule has 1 heterocycles. The lowest BCUT2D eigenvalue weighted by atomic mass is 9.75. The molecule has 0 saturated carbocycles. The lowest BCUT2D eigenvalue weighted by Crippen LogP contribution is -2.41. The molecule has 0 aliphatic heterocycles. The van der Waals surface area contributed by atoms with Crippen molar-refractivity contribution in [1.82, 2.24) is 14.8 Å². The van der Waals surface area contributed by atoms with Crippen LogP contribution in [0, 0.1) is 11.3 Å². The number of hydrogen-bond donors (Lipinski definition) is 1. The van der Waals surface area contributed by atoms with Crippen LogP contribution in [-0.4, -0.2) is 26.0 Å². The molecular formula is C17H24ClN3O. The van der Waals surface area contributed by atoms with Gasteiger partial charge in [0, 0.05) is 5.02 Å². The zero-order chi connectivity index (χ0) is 16.3. The molecule has 2 unspecified atom stereocenters. The quantitative estimate of drug-likeness (QED) is 0.881. The number of rotatable bonds is 6. The van der Waals surface area contributed by atoms with E-state index in [1.807, 2.05) is 24.3 Å². The Bertz CT molecular complexity index is 578. The summed E-state index contributed by atoms with van der Waals surface area (Å²) in [5, 5.41) is 15.9. The third kappa shape index (κ3) is 3.87. The van der Waals surface area contributed by atoms with E-state index < -0.39 is 6.10 Å². The molecule has 2 rings (SSSR count). The van der Waals surface area contributed by atoms with Crippen molar-refractivity contribution in [3.05, 3.63) is 47.5 Å². The first-order valence-electron chi connectivity index (χ1n) is 7.58. The molecule has 0 aliphatic carbocycles. The van der Waals surface area contributed by atoms with Crippen molar-refractivity contribution in [2.75, 3.05) is 0 Å². The first kappa shape index (κ1) is 17.0. The van der Waals surface area contributed by atoms with E-state index in [1.54, 1.807) is 11.0 Å². The lowest BCUT2D eigenvalue weighted by Gasteiger charge is -2.38. The maximum absolute atomic E-state index is 11.0. The fourth-order valence-electron chi connectivity index (χ4n) is 2.88. The number of nitrogens with zero attached hydrogens (tertiary/aromatic N) is 3. The largest absolute Gasteiger partial charge is 0.390 e. The molecule has 0 aliphatic rings. The van der Waals surface area contributed by atoms with Crippen molar-refractivity contribution >= 4 is 11.6 Å². The summed E-state index contributed by atoms with van der Waals surface area (Å²) < 4.78 is 1.76. The number of aliphatic hydroxyl groups is 1. The molecule has 0 saturated heterocycles. The topological polar surface area (TPSA) is 50.9 Å². The molecule has 0 amide bonds. The molecule has 1 aromatic carbocycles. The predicted octanol–water partition coefficient (Wildman–Crippen LogP) is 3.76. The third-order valence-corrected chi connectivity index (χ3v) is 4.37. The molecule has 0 radical (unpaired) electrons. The van der Waals surface area contributed by atoms with Gasteiger partial charge in [-0.2, -0.15) is 5.10 Å². The number of aromatic nitrogens is 3. The van der Waals surface area contributed by atoms with Crippen LogP contribution in [0.2, 0.25) is 5.02 Å². The maximum Gasteiger partial charge on any atom is 0.137 e. The van der Waals surface area contributed by atoms with E-state index in [9.17, 15) is 5.11 Å². The average Bonchev–Trinajstić information content (AvgIpc) is 2.94. The lowest BCUT2D eigenvalue weighted by molar-refractivity contribution is -0.0136. The predicted molar refractivity (Wildman–Crippen MR) is 88.8 cm³/mol. The number of hydrogen-bond acceptors (Lipinski definition) is 3. The van der Waals surface area contributed by atoms with E-state index in [1.165, 1.54) is 6.33 Å². The van der Waals surface area contributed by atoms with Gasteiger partial charge in [-0.3, -0.25) is 0 Å². The van der Waals surface area contributed by atoms with Crippen LogP contribution in [0.5, 0.6) is 0 Å². The van der Waals surface area contributed by atoms with Crippen molar-refractivity contribution in [2.24, 2.45) is 11.3 Å². The molecule has 4 nitrogen and oxygen atoms in total. The van der Waals surface area contributed by atoms with Gasteiger partial charge < -0.3 is 5.11 Å². The van der Waals surface area contributed by atoms with E-state index in [0.29, 0.717) is 0 Å². The second-order valence-corrected chi connectivity index (χ2v) is 7.28. The Morgan fingerprint density at radius 2 is 1.86 bits per heavy atom. The molecule has 22 heavy (non-hydrogen) atoms. The molecule has 0 spiro atoms. The molecule has 2 aromatic rings. The Kier molecular flexibility index (Phi) is 5.24. The Morgan fingerprint density at radius 3 is 2.36 bits per heavy atom. The van der Waals surface area contributed by atoms with E-state index in [2.05, 4.69) is 37.8 Å². The van der Waals surface area contributed by atoms with Crippen molar-refractivity contribution in [1.29, 1.82) is 0 Å². The first-order chi connectivity index (χ1) is 10.3. The minimum absolute atomic E-state index is 0.107. The molecule has 1 aromatic heterocycles. The summed E-state index contributed by atoms with van der Waals surface area (Å²) in [5.41, 5.74) is 0.865. The van der Waals surface area contributed by atoms with Crippen molar-refractivity contribution in [3.8, 4) is 0 Å². The van der Waals surface area contributed by atoms with E-state index in [0.717, 1.165) is 17.0 Å². The second-order valence-electron chi connectivity index (χ2n) is 6.85. The van der Waals surface area contributed by atoms with Crippen LogP contribution in [-0.2, 0) is 6.42 Å². The summed E-state index contributed by atoms with van der Waals surface area (Å²) in [7, 11) is 0. The normalized spacial score (nSPS) is 15.0. The minimum Gasteiger partial charge on any atom is -0.390 e.